The molecule has 0 aromatic heterocycles. The van der Waals surface area contributed by atoms with Gasteiger partial charge in [-0.3, -0.25) is 0 Å². The van der Waals surface area contributed by atoms with E-state index in [1.165, 1.54) is 0 Å². The van der Waals surface area contributed by atoms with Gasteiger partial charge in [0.25, 0.3) is 0 Å². The number of hydrogen-bond acceptors (Lipinski definition) is 1. The molecule has 0 rings (SSSR count). The third kappa shape index (κ3) is 3.71. The first-order chi connectivity index (χ1) is 2.56. The van der Waals surface area contributed by atoms with Crippen LogP contribution in [-0.2, 0) is 10.1 Å². The van der Waals surface area contributed by atoms with Gasteiger partial charge in [0.15, 0.2) is 0 Å². The van der Waals surface area contributed by atoms with Gasteiger partial charge < -0.3 is 0 Å². The van der Waals surface area contributed by atoms with Crippen LogP contribution in [0.5, 0.6) is 0 Å². The van der Waals surface area contributed by atoms with E-state index in [2.05, 4.69) is 0 Å². The van der Waals surface area contributed by atoms with E-state index in [-0.39, 0.29) is 0 Å². The highest BCUT2D eigenvalue weighted by Crippen LogP contribution is 2.13. The summed E-state index contributed by atoms with van der Waals surface area (Å²) < 4.78 is 30.8. The summed E-state index contributed by atoms with van der Waals surface area (Å²) in [5.41, 5.74) is 0. The first-order valence-electron chi connectivity index (χ1n) is 0.938. The SMILES string of the molecule is [O]OC(F)(F)F. The summed E-state index contributed by atoms with van der Waals surface area (Å²) in [5.74, 6) is 0. The fraction of sp³-hybridized carbons (Fsp3) is 1.00. The molecule has 0 fully saturated rings. The average Bonchev–Trinajstić information content (AvgIpc) is 1.35. The summed E-state index contributed by atoms with van der Waals surface area (Å²) in [5, 5.41) is 8.33. The van der Waals surface area contributed by atoms with Crippen molar-refractivity contribution in [3.05, 3.63) is 0 Å². The summed E-state index contributed by atoms with van der Waals surface area (Å²) in [6.07, 6.45) is -5.01. The van der Waals surface area contributed by atoms with Crippen LogP contribution in [0.1, 0.15) is 0 Å². The molecule has 0 aliphatic rings. The fourth-order valence-electron chi connectivity index (χ4n) is 0. The quantitative estimate of drug-likeness (QED) is 0.328. The number of halogens is 3. The maximum Gasteiger partial charge on any atom is 0.551 e. The fourth-order valence-corrected chi connectivity index (χ4v) is 0. The smallest absolute Gasteiger partial charge is 0.142 e. The minimum Gasteiger partial charge on any atom is -0.142 e. The van der Waals surface area contributed by atoms with E-state index in [1.807, 2.05) is 0 Å². The molecule has 1 radical (unpaired) electrons. The standard InChI is InChI=1S/CF3O2/c2-1(3,4)6-5. The summed E-state index contributed by atoms with van der Waals surface area (Å²) in [7, 11) is 0. The molecule has 0 saturated carbocycles. The van der Waals surface area contributed by atoms with Gasteiger partial charge in [0.1, 0.15) is 0 Å². The largest absolute Gasteiger partial charge is 0.551 e. The van der Waals surface area contributed by atoms with Crippen molar-refractivity contribution in [1.29, 1.82) is 0 Å². The van der Waals surface area contributed by atoms with Gasteiger partial charge in [0.05, 0.1) is 0 Å². The second-order valence-corrected chi connectivity index (χ2v) is 0.529. The molecule has 0 aromatic rings. The van der Waals surface area contributed by atoms with E-state index < -0.39 is 6.36 Å². The van der Waals surface area contributed by atoms with Gasteiger partial charge in [0, 0.05) is 0 Å². The predicted molar refractivity (Wildman–Crippen MR) is 7.83 cm³/mol. The van der Waals surface area contributed by atoms with Crippen molar-refractivity contribution in [3.8, 4) is 0 Å². The van der Waals surface area contributed by atoms with Crippen LogP contribution in [0.4, 0.5) is 13.2 Å². The Morgan fingerprint density at radius 2 is 1.50 bits per heavy atom. The van der Waals surface area contributed by atoms with Gasteiger partial charge in [-0.15, -0.1) is 13.2 Å². The van der Waals surface area contributed by atoms with Crippen LogP contribution in [0, 0.1) is 0 Å². The van der Waals surface area contributed by atoms with E-state index in [0.717, 1.165) is 0 Å². The summed E-state index contributed by atoms with van der Waals surface area (Å²) in [6, 6.07) is 0. The maximum atomic E-state index is 10.2. The van der Waals surface area contributed by atoms with Crippen LogP contribution in [0.25, 0.3) is 0 Å². The average molecular weight is 101 g/mol. The molecule has 0 aliphatic heterocycles. The number of hydrogen-bond donors (Lipinski definition) is 0. The molecular formula is CF3O2. The second kappa shape index (κ2) is 1.44. The Labute approximate surface area is 31.1 Å². The van der Waals surface area contributed by atoms with Gasteiger partial charge in [-0.1, -0.05) is 4.89 Å². The Kier molecular flexibility index (Phi) is 1.37. The highest BCUT2D eigenvalue weighted by atomic mass is 19.4. The molecule has 0 heterocycles. The van der Waals surface area contributed by atoms with Gasteiger partial charge in [-0.25, -0.2) is 0 Å². The molecule has 6 heavy (non-hydrogen) atoms. The first-order valence-corrected chi connectivity index (χ1v) is 0.938. The van der Waals surface area contributed by atoms with Crippen LogP contribution in [0.3, 0.4) is 0 Å². The first kappa shape index (κ1) is 5.71. The van der Waals surface area contributed by atoms with Gasteiger partial charge in [-0.05, 0) is 5.26 Å². The monoisotopic (exact) mass is 101 g/mol. The van der Waals surface area contributed by atoms with Crippen molar-refractivity contribution in [1.82, 2.24) is 0 Å². The van der Waals surface area contributed by atoms with Crippen molar-refractivity contribution in [2.24, 2.45) is 0 Å². The zero-order valence-corrected chi connectivity index (χ0v) is 2.45. The summed E-state index contributed by atoms with van der Waals surface area (Å²) in [6.45, 7) is 0. The lowest BCUT2D eigenvalue weighted by molar-refractivity contribution is -0.496. The third-order valence-corrected chi connectivity index (χ3v) is 0.0945. The van der Waals surface area contributed by atoms with Crippen molar-refractivity contribution in [2.75, 3.05) is 0 Å². The molecule has 0 spiro atoms. The topological polar surface area (TPSA) is 29.1 Å². The molecular weight excluding hydrogens is 101 g/mol. The second-order valence-electron chi connectivity index (χ2n) is 0.529. The lowest BCUT2D eigenvalue weighted by Crippen LogP contribution is -2.07. The molecule has 0 amide bonds. The minimum atomic E-state index is -5.01. The molecule has 2 nitrogen and oxygen atoms in total. The molecule has 37 valence electrons. The minimum absolute atomic E-state index is 1.69. The van der Waals surface area contributed by atoms with Gasteiger partial charge in [-0.2, -0.15) is 0 Å². The number of rotatable bonds is 0. The molecule has 0 saturated heterocycles. The third-order valence-electron chi connectivity index (χ3n) is 0.0945. The lowest BCUT2D eigenvalue weighted by atomic mass is 11.4. The molecule has 0 bridgehead atoms. The van der Waals surface area contributed by atoms with Crippen LogP contribution < -0.4 is 0 Å². The Morgan fingerprint density at radius 1 is 1.33 bits per heavy atom. The Bertz CT molecular complexity index is 38.5. The van der Waals surface area contributed by atoms with Crippen molar-refractivity contribution < 1.29 is 23.3 Å². The van der Waals surface area contributed by atoms with E-state index in [0.29, 0.717) is 0 Å². The summed E-state index contributed by atoms with van der Waals surface area (Å²) in [4.78, 5) is 1.69. The zero-order valence-electron chi connectivity index (χ0n) is 2.45. The van der Waals surface area contributed by atoms with E-state index in [9.17, 15) is 13.2 Å². The highest BCUT2D eigenvalue weighted by molar-refractivity contribution is 4.10. The van der Waals surface area contributed by atoms with Crippen molar-refractivity contribution in [3.63, 3.8) is 0 Å². The van der Waals surface area contributed by atoms with Crippen LogP contribution in [0.15, 0.2) is 0 Å². The molecule has 0 N–H and O–H groups in total. The van der Waals surface area contributed by atoms with Crippen molar-refractivity contribution >= 4 is 0 Å². The van der Waals surface area contributed by atoms with E-state index >= 15 is 0 Å². The molecule has 5 heteroatoms. The van der Waals surface area contributed by atoms with Crippen LogP contribution in [0.2, 0.25) is 0 Å². The van der Waals surface area contributed by atoms with E-state index in [4.69, 9.17) is 5.26 Å². The van der Waals surface area contributed by atoms with E-state index in [1.54, 1.807) is 4.89 Å². The molecule has 0 atom stereocenters. The molecule has 0 unspecified atom stereocenters. The zero-order chi connectivity index (χ0) is 5.21. The summed E-state index contributed by atoms with van der Waals surface area (Å²) >= 11 is 0. The highest BCUT2D eigenvalue weighted by Gasteiger charge is 2.30. The Hall–Kier alpha value is -0.290. The Balaban J connectivity index is 3.17. The van der Waals surface area contributed by atoms with Crippen molar-refractivity contribution in [2.45, 2.75) is 6.36 Å². The normalized spacial score (nSPS) is 12.0. The lowest BCUT2D eigenvalue weighted by Gasteiger charge is -1.91. The molecule has 0 aliphatic carbocycles. The maximum absolute atomic E-state index is 10.2. The predicted octanol–water partition coefficient (Wildman–Crippen LogP) is 0.868. The number of alkyl halides is 3. The molecule has 0 aromatic carbocycles. The van der Waals surface area contributed by atoms with Crippen LogP contribution in [-0.4, -0.2) is 6.36 Å². The van der Waals surface area contributed by atoms with Crippen LogP contribution >= 0.6 is 0 Å². The Morgan fingerprint density at radius 3 is 1.50 bits per heavy atom. The van der Waals surface area contributed by atoms with Gasteiger partial charge >= 0.3 is 6.36 Å². The van der Waals surface area contributed by atoms with Gasteiger partial charge in [0.2, 0.25) is 0 Å².